The molecule has 0 unspecified atom stereocenters. The molecule has 0 fully saturated rings. The molecule has 0 spiro atoms. The molecule has 0 bridgehead atoms. The van der Waals surface area contributed by atoms with Crippen LogP contribution in [-0.2, 0) is 5.75 Å². The SMILES string of the molecule is N=C(N)c1cc(F)cc(CSc2ccc(F)cc2F)c1. The van der Waals surface area contributed by atoms with Crippen LogP contribution in [0.2, 0.25) is 0 Å². The summed E-state index contributed by atoms with van der Waals surface area (Å²) >= 11 is 1.12. The number of rotatable bonds is 4. The Morgan fingerprint density at radius 1 is 1.05 bits per heavy atom. The number of benzene rings is 2. The molecule has 2 aromatic carbocycles. The first-order valence-corrected chi connectivity index (χ1v) is 6.66. The maximum absolute atomic E-state index is 13.5. The van der Waals surface area contributed by atoms with Gasteiger partial charge in [-0.2, -0.15) is 0 Å². The Morgan fingerprint density at radius 3 is 2.45 bits per heavy atom. The van der Waals surface area contributed by atoms with E-state index in [1.807, 2.05) is 0 Å². The zero-order valence-corrected chi connectivity index (χ0v) is 11.1. The molecule has 0 radical (unpaired) electrons. The van der Waals surface area contributed by atoms with Gasteiger partial charge in [0.05, 0.1) is 0 Å². The molecule has 104 valence electrons. The molecule has 0 aliphatic heterocycles. The number of nitrogen functional groups attached to an aromatic ring is 1. The van der Waals surface area contributed by atoms with Gasteiger partial charge in [0.2, 0.25) is 0 Å². The van der Waals surface area contributed by atoms with E-state index in [-0.39, 0.29) is 16.3 Å². The number of thioether (sulfide) groups is 1. The Morgan fingerprint density at radius 2 is 1.80 bits per heavy atom. The first-order chi connectivity index (χ1) is 9.45. The average Bonchev–Trinajstić information content (AvgIpc) is 2.37. The second kappa shape index (κ2) is 6.00. The fraction of sp³-hybridized carbons (Fsp3) is 0.0714. The molecule has 2 nitrogen and oxygen atoms in total. The van der Waals surface area contributed by atoms with Gasteiger partial charge in [-0.25, -0.2) is 13.2 Å². The largest absolute Gasteiger partial charge is 0.384 e. The summed E-state index contributed by atoms with van der Waals surface area (Å²) < 4.78 is 39.6. The molecule has 0 saturated heterocycles. The smallest absolute Gasteiger partial charge is 0.139 e. The predicted molar refractivity (Wildman–Crippen MR) is 73.3 cm³/mol. The minimum atomic E-state index is -0.654. The lowest BCUT2D eigenvalue weighted by atomic mass is 10.1. The van der Waals surface area contributed by atoms with E-state index in [0.717, 1.165) is 30.0 Å². The van der Waals surface area contributed by atoms with Gasteiger partial charge < -0.3 is 5.73 Å². The molecule has 0 amide bonds. The van der Waals surface area contributed by atoms with Gasteiger partial charge in [-0.05, 0) is 35.9 Å². The van der Waals surface area contributed by atoms with E-state index in [9.17, 15) is 13.2 Å². The number of hydrogen-bond donors (Lipinski definition) is 2. The summed E-state index contributed by atoms with van der Waals surface area (Å²) in [5.41, 5.74) is 6.16. The van der Waals surface area contributed by atoms with Gasteiger partial charge in [0.15, 0.2) is 0 Å². The molecule has 20 heavy (non-hydrogen) atoms. The minimum absolute atomic E-state index is 0.233. The maximum Gasteiger partial charge on any atom is 0.139 e. The van der Waals surface area contributed by atoms with Crippen molar-refractivity contribution in [2.45, 2.75) is 10.6 Å². The summed E-state index contributed by atoms with van der Waals surface area (Å²) in [6, 6.07) is 7.32. The third-order valence-corrected chi connectivity index (χ3v) is 3.68. The fourth-order valence-electron chi connectivity index (χ4n) is 1.64. The van der Waals surface area contributed by atoms with Crippen LogP contribution in [0.3, 0.4) is 0 Å². The summed E-state index contributed by atoms with van der Waals surface area (Å²) in [6.45, 7) is 0. The third kappa shape index (κ3) is 3.54. The monoisotopic (exact) mass is 296 g/mol. The predicted octanol–water partition coefficient (Wildman–Crippen LogP) is 3.68. The van der Waals surface area contributed by atoms with E-state index in [1.165, 1.54) is 12.1 Å². The molecule has 0 aromatic heterocycles. The van der Waals surface area contributed by atoms with Crippen LogP contribution in [0.4, 0.5) is 13.2 Å². The molecule has 0 atom stereocenters. The molecule has 0 heterocycles. The maximum atomic E-state index is 13.5. The number of nitrogens with one attached hydrogen (secondary N) is 1. The first-order valence-electron chi connectivity index (χ1n) is 5.67. The van der Waals surface area contributed by atoms with Crippen LogP contribution in [0, 0.1) is 22.9 Å². The van der Waals surface area contributed by atoms with Gasteiger partial charge >= 0.3 is 0 Å². The summed E-state index contributed by atoms with van der Waals surface area (Å²) in [5.74, 6) is -1.74. The topological polar surface area (TPSA) is 49.9 Å². The van der Waals surface area contributed by atoms with E-state index in [1.54, 1.807) is 6.07 Å². The highest BCUT2D eigenvalue weighted by atomic mass is 32.2. The summed E-state index contributed by atoms with van der Waals surface area (Å²) in [4.78, 5) is 0.278. The van der Waals surface area contributed by atoms with Gasteiger partial charge in [0.25, 0.3) is 0 Å². The Balaban J connectivity index is 2.16. The van der Waals surface area contributed by atoms with Crippen molar-refractivity contribution in [3.8, 4) is 0 Å². The molecule has 0 saturated carbocycles. The van der Waals surface area contributed by atoms with Crippen LogP contribution in [-0.4, -0.2) is 5.84 Å². The lowest BCUT2D eigenvalue weighted by Gasteiger charge is -2.06. The van der Waals surface area contributed by atoms with Crippen LogP contribution in [0.15, 0.2) is 41.3 Å². The summed E-state index contributed by atoms with van der Waals surface area (Å²) in [6.07, 6.45) is 0. The van der Waals surface area contributed by atoms with E-state index < -0.39 is 17.5 Å². The second-order valence-electron chi connectivity index (χ2n) is 4.13. The highest BCUT2D eigenvalue weighted by Crippen LogP contribution is 2.26. The van der Waals surface area contributed by atoms with Gasteiger partial charge in [-0.3, -0.25) is 5.41 Å². The molecule has 2 rings (SSSR count). The Kier molecular flexibility index (Phi) is 4.34. The highest BCUT2D eigenvalue weighted by molar-refractivity contribution is 7.98. The van der Waals surface area contributed by atoms with Crippen molar-refractivity contribution in [2.75, 3.05) is 0 Å². The van der Waals surface area contributed by atoms with Gasteiger partial charge in [-0.1, -0.05) is 0 Å². The van der Waals surface area contributed by atoms with Crippen molar-refractivity contribution in [2.24, 2.45) is 5.73 Å². The molecule has 6 heteroatoms. The van der Waals surface area contributed by atoms with Gasteiger partial charge in [0.1, 0.15) is 23.3 Å². The lowest BCUT2D eigenvalue weighted by Crippen LogP contribution is -2.11. The standard InChI is InChI=1S/C14H11F3N2S/c15-10-1-2-13(12(17)6-10)20-7-8-3-9(14(18)19)5-11(16)4-8/h1-6H,7H2,(H3,18,19). The van der Waals surface area contributed by atoms with Crippen molar-refractivity contribution in [1.82, 2.24) is 0 Å². The summed E-state index contributed by atoms with van der Waals surface area (Å²) in [7, 11) is 0. The van der Waals surface area contributed by atoms with E-state index in [4.69, 9.17) is 11.1 Å². The lowest BCUT2D eigenvalue weighted by molar-refractivity contribution is 0.565. The molecule has 0 aliphatic rings. The zero-order chi connectivity index (χ0) is 14.7. The van der Waals surface area contributed by atoms with Crippen LogP contribution < -0.4 is 5.73 Å². The zero-order valence-electron chi connectivity index (χ0n) is 10.3. The van der Waals surface area contributed by atoms with Crippen LogP contribution in [0.5, 0.6) is 0 Å². The molecular weight excluding hydrogens is 285 g/mol. The number of amidine groups is 1. The Hall–Kier alpha value is -1.95. The molecular formula is C14H11F3N2S. The van der Waals surface area contributed by atoms with Crippen molar-refractivity contribution < 1.29 is 13.2 Å². The van der Waals surface area contributed by atoms with Crippen molar-refractivity contribution in [3.63, 3.8) is 0 Å². The van der Waals surface area contributed by atoms with Crippen molar-refractivity contribution in [1.29, 1.82) is 5.41 Å². The van der Waals surface area contributed by atoms with E-state index in [0.29, 0.717) is 11.3 Å². The second-order valence-corrected chi connectivity index (χ2v) is 5.14. The Labute approximate surface area is 118 Å². The first kappa shape index (κ1) is 14.5. The average molecular weight is 296 g/mol. The summed E-state index contributed by atoms with van der Waals surface area (Å²) in [5, 5.41) is 7.29. The van der Waals surface area contributed by atoms with Crippen molar-refractivity contribution >= 4 is 17.6 Å². The van der Waals surface area contributed by atoms with Gasteiger partial charge in [0, 0.05) is 22.3 Å². The van der Waals surface area contributed by atoms with E-state index in [2.05, 4.69) is 0 Å². The highest BCUT2D eigenvalue weighted by Gasteiger charge is 2.07. The Bertz CT molecular complexity index is 659. The van der Waals surface area contributed by atoms with Crippen molar-refractivity contribution in [3.05, 3.63) is 65.0 Å². The number of hydrogen-bond acceptors (Lipinski definition) is 2. The van der Waals surface area contributed by atoms with E-state index >= 15 is 0 Å². The number of halogens is 3. The fourth-order valence-corrected chi connectivity index (χ4v) is 2.49. The third-order valence-electron chi connectivity index (χ3n) is 2.56. The van der Waals surface area contributed by atoms with Crippen LogP contribution in [0.1, 0.15) is 11.1 Å². The quantitative estimate of drug-likeness (QED) is 0.513. The van der Waals surface area contributed by atoms with Gasteiger partial charge in [-0.15, -0.1) is 11.8 Å². The van der Waals surface area contributed by atoms with Crippen LogP contribution in [0.25, 0.3) is 0 Å². The molecule has 2 aromatic rings. The molecule has 3 N–H and O–H groups in total. The number of nitrogens with two attached hydrogens (primary N) is 1. The van der Waals surface area contributed by atoms with Crippen LogP contribution >= 0.6 is 11.8 Å². The molecule has 0 aliphatic carbocycles. The minimum Gasteiger partial charge on any atom is -0.384 e. The normalized spacial score (nSPS) is 10.6.